The van der Waals surface area contributed by atoms with Crippen molar-refractivity contribution < 1.29 is 19.1 Å². The van der Waals surface area contributed by atoms with E-state index < -0.39 is 11.6 Å². The third-order valence-corrected chi connectivity index (χ3v) is 3.60. The van der Waals surface area contributed by atoms with E-state index in [-0.39, 0.29) is 5.91 Å². The van der Waals surface area contributed by atoms with Gasteiger partial charge in [0.15, 0.2) is 0 Å². The van der Waals surface area contributed by atoms with E-state index in [1.807, 2.05) is 6.92 Å². The topological polar surface area (TPSA) is 64.6 Å². The van der Waals surface area contributed by atoms with Gasteiger partial charge in [0.05, 0.1) is 12.2 Å². The lowest BCUT2D eigenvalue weighted by Gasteiger charge is -2.21. The smallest absolute Gasteiger partial charge is 0.341 e. The second kappa shape index (κ2) is 6.16. The van der Waals surface area contributed by atoms with Gasteiger partial charge in [0, 0.05) is 12.0 Å². The number of thiophene rings is 1. The number of rotatable bonds is 5. The molecule has 1 rings (SSSR count). The Labute approximate surface area is 116 Å². The number of hydrogen-bond donors (Lipinski definition) is 1. The number of anilines is 1. The molecule has 0 fully saturated rings. The van der Waals surface area contributed by atoms with E-state index in [1.165, 1.54) is 18.4 Å². The lowest BCUT2D eigenvalue weighted by molar-refractivity contribution is -0.133. The van der Waals surface area contributed by atoms with Crippen LogP contribution in [0.1, 0.15) is 36.0 Å². The molecule has 0 aromatic carbocycles. The minimum atomic E-state index is -0.955. The van der Waals surface area contributed by atoms with E-state index in [9.17, 15) is 9.59 Å². The van der Waals surface area contributed by atoms with Crippen LogP contribution in [0.15, 0.2) is 6.07 Å². The monoisotopic (exact) mass is 285 g/mol. The molecule has 0 spiro atoms. The Balaban J connectivity index is 2.96. The maximum atomic E-state index is 12.0. The number of esters is 1. The molecular formula is C13H19NO4S. The van der Waals surface area contributed by atoms with Gasteiger partial charge < -0.3 is 14.8 Å². The Morgan fingerprint density at radius 1 is 1.42 bits per heavy atom. The molecule has 19 heavy (non-hydrogen) atoms. The SMILES string of the molecule is CCOC(=O)c1cc(C)sc1NC(=O)C(C)(C)OC. The van der Waals surface area contributed by atoms with Crippen LogP contribution in [0.5, 0.6) is 0 Å². The molecule has 1 aromatic heterocycles. The standard InChI is InChI=1S/C13H19NO4S/c1-6-18-11(15)9-7-8(2)19-10(9)14-12(16)13(3,4)17-5/h7H,6H2,1-5H3,(H,14,16). The number of nitrogens with one attached hydrogen (secondary N) is 1. The summed E-state index contributed by atoms with van der Waals surface area (Å²) >= 11 is 1.34. The second-order valence-corrected chi connectivity index (χ2v) is 5.75. The van der Waals surface area contributed by atoms with Crippen molar-refractivity contribution in [2.45, 2.75) is 33.3 Å². The summed E-state index contributed by atoms with van der Waals surface area (Å²) in [5, 5.41) is 3.21. The Hall–Kier alpha value is -1.40. The molecule has 0 saturated carbocycles. The highest BCUT2D eigenvalue weighted by Crippen LogP contribution is 2.29. The molecule has 0 aliphatic heterocycles. The van der Waals surface area contributed by atoms with Crippen molar-refractivity contribution in [3.8, 4) is 0 Å². The zero-order valence-corrected chi connectivity index (χ0v) is 12.6. The van der Waals surface area contributed by atoms with Crippen molar-refractivity contribution in [2.75, 3.05) is 19.0 Å². The highest BCUT2D eigenvalue weighted by Gasteiger charge is 2.29. The minimum absolute atomic E-state index is 0.296. The first-order chi connectivity index (χ1) is 8.81. The van der Waals surface area contributed by atoms with Gasteiger partial charge >= 0.3 is 5.97 Å². The molecule has 0 bridgehead atoms. The van der Waals surface area contributed by atoms with Crippen LogP contribution in [0.3, 0.4) is 0 Å². The number of hydrogen-bond acceptors (Lipinski definition) is 5. The summed E-state index contributed by atoms with van der Waals surface area (Å²) in [5.41, 5.74) is -0.575. The van der Waals surface area contributed by atoms with E-state index >= 15 is 0 Å². The fraction of sp³-hybridized carbons (Fsp3) is 0.538. The summed E-state index contributed by atoms with van der Waals surface area (Å²) in [6.07, 6.45) is 0. The maximum Gasteiger partial charge on any atom is 0.341 e. The molecule has 106 valence electrons. The Bertz CT molecular complexity index is 479. The molecule has 6 heteroatoms. The first-order valence-corrected chi connectivity index (χ1v) is 6.77. The van der Waals surface area contributed by atoms with Gasteiger partial charge in [-0.25, -0.2) is 4.79 Å². The Morgan fingerprint density at radius 2 is 2.05 bits per heavy atom. The molecule has 1 amide bonds. The van der Waals surface area contributed by atoms with Crippen molar-refractivity contribution in [2.24, 2.45) is 0 Å². The highest BCUT2D eigenvalue weighted by atomic mass is 32.1. The van der Waals surface area contributed by atoms with Crippen molar-refractivity contribution in [1.82, 2.24) is 0 Å². The molecule has 0 radical (unpaired) electrons. The summed E-state index contributed by atoms with van der Waals surface area (Å²) in [6, 6.07) is 1.71. The molecule has 0 aliphatic carbocycles. The van der Waals surface area contributed by atoms with Gasteiger partial charge in [-0.2, -0.15) is 0 Å². The maximum absolute atomic E-state index is 12.0. The zero-order chi connectivity index (χ0) is 14.6. The number of ether oxygens (including phenoxy) is 2. The van der Waals surface area contributed by atoms with Crippen LogP contribution in [0.2, 0.25) is 0 Å². The molecule has 0 unspecified atom stereocenters. The first kappa shape index (κ1) is 15.7. The van der Waals surface area contributed by atoms with Gasteiger partial charge in [0.1, 0.15) is 10.6 Å². The summed E-state index contributed by atoms with van der Waals surface area (Å²) < 4.78 is 10.1. The van der Waals surface area contributed by atoms with Gasteiger partial charge in [-0.1, -0.05) is 0 Å². The Morgan fingerprint density at radius 3 is 2.58 bits per heavy atom. The normalized spacial score (nSPS) is 11.2. The van der Waals surface area contributed by atoms with Crippen LogP contribution < -0.4 is 5.32 Å². The summed E-state index contributed by atoms with van der Waals surface area (Å²) in [5.74, 6) is -0.736. The van der Waals surface area contributed by atoms with E-state index in [1.54, 1.807) is 26.8 Å². The number of aryl methyl sites for hydroxylation is 1. The van der Waals surface area contributed by atoms with Gasteiger partial charge in [-0.15, -0.1) is 11.3 Å². The average Bonchev–Trinajstić information content (AvgIpc) is 2.70. The quantitative estimate of drug-likeness (QED) is 0.845. The molecule has 0 aliphatic rings. The van der Waals surface area contributed by atoms with E-state index in [4.69, 9.17) is 9.47 Å². The van der Waals surface area contributed by atoms with Crippen molar-refractivity contribution >= 4 is 28.2 Å². The van der Waals surface area contributed by atoms with E-state index in [0.717, 1.165) is 4.88 Å². The predicted octanol–water partition coefficient (Wildman–Crippen LogP) is 2.60. The first-order valence-electron chi connectivity index (χ1n) is 5.96. The van der Waals surface area contributed by atoms with Crippen LogP contribution in [-0.4, -0.2) is 31.2 Å². The van der Waals surface area contributed by atoms with Crippen LogP contribution in [0.4, 0.5) is 5.00 Å². The molecule has 0 saturated heterocycles. The highest BCUT2D eigenvalue weighted by molar-refractivity contribution is 7.16. The lowest BCUT2D eigenvalue weighted by atomic mass is 10.1. The zero-order valence-electron chi connectivity index (χ0n) is 11.8. The summed E-state index contributed by atoms with van der Waals surface area (Å²) in [6.45, 7) is 7.22. The van der Waals surface area contributed by atoms with Crippen molar-refractivity contribution in [1.29, 1.82) is 0 Å². The molecule has 1 N–H and O–H groups in total. The molecule has 0 atom stereocenters. The third kappa shape index (κ3) is 3.78. The number of methoxy groups -OCH3 is 1. The van der Waals surface area contributed by atoms with Gasteiger partial charge in [-0.3, -0.25) is 4.79 Å². The number of carbonyl (C=O) groups is 2. The third-order valence-electron chi connectivity index (χ3n) is 2.63. The van der Waals surface area contributed by atoms with Crippen molar-refractivity contribution in [3.05, 3.63) is 16.5 Å². The lowest BCUT2D eigenvalue weighted by Crippen LogP contribution is -2.38. The van der Waals surface area contributed by atoms with Crippen molar-refractivity contribution in [3.63, 3.8) is 0 Å². The molecule has 1 heterocycles. The van der Waals surface area contributed by atoms with Crippen LogP contribution >= 0.6 is 11.3 Å². The van der Waals surface area contributed by atoms with Gasteiger partial charge in [0.2, 0.25) is 0 Å². The minimum Gasteiger partial charge on any atom is -0.462 e. The predicted molar refractivity (Wildman–Crippen MR) is 74.7 cm³/mol. The Kier molecular flexibility index (Phi) is 5.08. The number of carbonyl (C=O) groups excluding carboxylic acids is 2. The molecule has 1 aromatic rings. The largest absolute Gasteiger partial charge is 0.462 e. The van der Waals surface area contributed by atoms with Crippen LogP contribution in [0, 0.1) is 6.92 Å². The summed E-state index contributed by atoms with van der Waals surface area (Å²) in [7, 11) is 1.46. The number of amides is 1. The van der Waals surface area contributed by atoms with E-state index in [2.05, 4.69) is 5.32 Å². The fourth-order valence-electron chi connectivity index (χ4n) is 1.31. The molecular weight excluding hydrogens is 266 g/mol. The molecule has 5 nitrogen and oxygen atoms in total. The van der Waals surface area contributed by atoms with Gasteiger partial charge in [-0.05, 0) is 33.8 Å². The second-order valence-electron chi connectivity index (χ2n) is 4.49. The summed E-state index contributed by atoms with van der Waals surface area (Å²) in [4.78, 5) is 24.7. The average molecular weight is 285 g/mol. The van der Waals surface area contributed by atoms with Gasteiger partial charge in [0.25, 0.3) is 5.91 Å². The fourth-order valence-corrected chi connectivity index (χ4v) is 2.21. The van der Waals surface area contributed by atoms with E-state index in [0.29, 0.717) is 17.2 Å². The van der Waals surface area contributed by atoms with Crippen LogP contribution in [-0.2, 0) is 14.3 Å². The van der Waals surface area contributed by atoms with Crippen LogP contribution in [0.25, 0.3) is 0 Å².